The van der Waals surface area contributed by atoms with E-state index in [0.717, 1.165) is 22.3 Å². The number of fused-ring (bicyclic) bond motifs is 1. The van der Waals surface area contributed by atoms with Gasteiger partial charge in [-0.2, -0.15) is 0 Å². The number of benzene rings is 1. The van der Waals surface area contributed by atoms with Gasteiger partial charge in [-0.1, -0.05) is 0 Å². The standard InChI is InChI=1S/C12H14FN3/c1-8-6-12(15-5-4-14)16-11-3-2-9(13)7-10(8)11/h2-3,6-7H,4-5,14H2,1H3,(H,15,16). The molecule has 2 rings (SSSR count). The van der Waals surface area contributed by atoms with Crippen LogP contribution in [-0.2, 0) is 0 Å². The van der Waals surface area contributed by atoms with E-state index in [1.165, 1.54) is 12.1 Å². The number of anilines is 1. The third-order valence-electron chi connectivity index (χ3n) is 2.43. The van der Waals surface area contributed by atoms with Crippen LogP contribution in [0.1, 0.15) is 5.56 Å². The Morgan fingerprint density at radius 3 is 2.94 bits per heavy atom. The average molecular weight is 219 g/mol. The molecule has 0 saturated heterocycles. The van der Waals surface area contributed by atoms with E-state index in [2.05, 4.69) is 10.3 Å². The fourth-order valence-corrected chi connectivity index (χ4v) is 1.66. The summed E-state index contributed by atoms with van der Waals surface area (Å²) in [5.41, 5.74) is 7.20. The van der Waals surface area contributed by atoms with Crippen molar-refractivity contribution in [1.29, 1.82) is 0 Å². The Labute approximate surface area is 93.5 Å². The van der Waals surface area contributed by atoms with E-state index in [1.807, 2.05) is 13.0 Å². The molecule has 0 aliphatic rings. The van der Waals surface area contributed by atoms with Crippen molar-refractivity contribution in [1.82, 2.24) is 4.98 Å². The minimum Gasteiger partial charge on any atom is -0.369 e. The van der Waals surface area contributed by atoms with Crippen LogP contribution in [0.25, 0.3) is 10.9 Å². The van der Waals surface area contributed by atoms with Crippen molar-refractivity contribution in [3.63, 3.8) is 0 Å². The molecule has 3 nitrogen and oxygen atoms in total. The first-order valence-corrected chi connectivity index (χ1v) is 5.21. The maximum Gasteiger partial charge on any atom is 0.126 e. The van der Waals surface area contributed by atoms with Gasteiger partial charge in [0.2, 0.25) is 0 Å². The smallest absolute Gasteiger partial charge is 0.126 e. The van der Waals surface area contributed by atoms with E-state index in [0.29, 0.717) is 13.1 Å². The van der Waals surface area contributed by atoms with Crippen LogP contribution in [0.4, 0.5) is 10.2 Å². The minimum absolute atomic E-state index is 0.236. The predicted octanol–water partition coefficient (Wildman–Crippen LogP) is 2.05. The maximum absolute atomic E-state index is 13.1. The fraction of sp³-hybridized carbons (Fsp3) is 0.250. The lowest BCUT2D eigenvalue weighted by Gasteiger charge is -2.08. The predicted molar refractivity (Wildman–Crippen MR) is 64.0 cm³/mol. The molecule has 3 N–H and O–H groups in total. The largest absolute Gasteiger partial charge is 0.369 e. The van der Waals surface area contributed by atoms with E-state index >= 15 is 0 Å². The molecular weight excluding hydrogens is 205 g/mol. The number of nitrogens with two attached hydrogens (primary N) is 1. The Bertz CT molecular complexity index is 511. The van der Waals surface area contributed by atoms with Gasteiger partial charge >= 0.3 is 0 Å². The van der Waals surface area contributed by atoms with Crippen molar-refractivity contribution in [2.75, 3.05) is 18.4 Å². The molecule has 0 bridgehead atoms. The number of nitrogens with zero attached hydrogens (tertiary/aromatic N) is 1. The van der Waals surface area contributed by atoms with Crippen molar-refractivity contribution in [3.8, 4) is 0 Å². The van der Waals surface area contributed by atoms with Crippen LogP contribution in [0.5, 0.6) is 0 Å². The molecule has 4 heteroatoms. The first-order chi connectivity index (χ1) is 7.70. The van der Waals surface area contributed by atoms with Crippen LogP contribution in [-0.4, -0.2) is 18.1 Å². The third-order valence-corrected chi connectivity index (χ3v) is 2.43. The number of pyridine rings is 1. The van der Waals surface area contributed by atoms with E-state index < -0.39 is 0 Å². The van der Waals surface area contributed by atoms with Crippen LogP contribution in [0.15, 0.2) is 24.3 Å². The lowest BCUT2D eigenvalue weighted by molar-refractivity contribution is 0.629. The number of aryl methyl sites for hydroxylation is 1. The van der Waals surface area contributed by atoms with Gasteiger partial charge in [0.1, 0.15) is 11.6 Å². The Balaban J connectivity index is 2.46. The zero-order valence-electron chi connectivity index (χ0n) is 9.13. The van der Waals surface area contributed by atoms with Gasteiger partial charge in [0.15, 0.2) is 0 Å². The maximum atomic E-state index is 13.1. The summed E-state index contributed by atoms with van der Waals surface area (Å²) in [7, 11) is 0. The van der Waals surface area contributed by atoms with Gasteiger partial charge in [0.05, 0.1) is 5.52 Å². The Hall–Kier alpha value is -1.68. The lowest BCUT2D eigenvalue weighted by atomic mass is 10.1. The normalized spacial score (nSPS) is 10.7. The number of aromatic nitrogens is 1. The highest BCUT2D eigenvalue weighted by molar-refractivity contribution is 5.83. The molecule has 0 aliphatic carbocycles. The molecule has 2 aromatic rings. The highest BCUT2D eigenvalue weighted by Gasteiger charge is 2.03. The zero-order chi connectivity index (χ0) is 11.5. The molecule has 1 heterocycles. The molecule has 1 aromatic carbocycles. The number of nitrogens with one attached hydrogen (secondary N) is 1. The minimum atomic E-state index is -0.236. The van der Waals surface area contributed by atoms with Crippen molar-refractivity contribution in [2.24, 2.45) is 5.73 Å². The average Bonchev–Trinajstić information content (AvgIpc) is 2.27. The molecule has 84 valence electrons. The van der Waals surface area contributed by atoms with Crippen molar-refractivity contribution < 1.29 is 4.39 Å². The highest BCUT2D eigenvalue weighted by atomic mass is 19.1. The summed E-state index contributed by atoms with van der Waals surface area (Å²) < 4.78 is 13.1. The van der Waals surface area contributed by atoms with Crippen molar-refractivity contribution in [3.05, 3.63) is 35.6 Å². The molecule has 0 fully saturated rings. The molecule has 1 aromatic heterocycles. The third kappa shape index (κ3) is 2.12. The van der Waals surface area contributed by atoms with E-state index in [1.54, 1.807) is 6.07 Å². The second-order valence-corrected chi connectivity index (χ2v) is 3.70. The Morgan fingerprint density at radius 2 is 2.19 bits per heavy atom. The lowest BCUT2D eigenvalue weighted by Crippen LogP contribution is -2.14. The first-order valence-electron chi connectivity index (χ1n) is 5.21. The summed E-state index contributed by atoms with van der Waals surface area (Å²) in [6.45, 7) is 3.18. The molecule has 0 atom stereocenters. The van der Waals surface area contributed by atoms with Crippen LogP contribution in [0.3, 0.4) is 0 Å². The number of hydrogen-bond acceptors (Lipinski definition) is 3. The monoisotopic (exact) mass is 219 g/mol. The van der Waals surface area contributed by atoms with Gasteiger partial charge in [-0.05, 0) is 36.8 Å². The van der Waals surface area contributed by atoms with Crippen LogP contribution < -0.4 is 11.1 Å². The second-order valence-electron chi connectivity index (χ2n) is 3.70. The molecule has 0 unspecified atom stereocenters. The summed E-state index contributed by atoms with van der Waals surface area (Å²) in [5.74, 6) is 0.544. The van der Waals surface area contributed by atoms with E-state index in [-0.39, 0.29) is 5.82 Å². The van der Waals surface area contributed by atoms with Crippen LogP contribution in [0.2, 0.25) is 0 Å². The summed E-state index contributed by atoms with van der Waals surface area (Å²) in [4.78, 5) is 4.38. The van der Waals surface area contributed by atoms with Crippen LogP contribution in [0, 0.1) is 12.7 Å². The Kier molecular flexibility index (Phi) is 3.01. The summed E-state index contributed by atoms with van der Waals surface area (Å²) in [6, 6.07) is 6.51. The zero-order valence-corrected chi connectivity index (χ0v) is 9.13. The van der Waals surface area contributed by atoms with Crippen molar-refractivity contribution >= 4 is 16.7 Å². The van der Waals surface area contributed by atoms with Gasteiger partial charge in [-0.25, -0.2) is 9.37 Å². The summed E-state index contributed by atoms with van der Waals surface area (Å²) in [5, 5.41) is 3.96. The van der Waals surface area contributed by atoms with Gasteiger partial charge in [-0.3, -0.25) is 0 Å². The number of halogens is 1. The molecular formula is C12H14FN3. The molecule has 0 amide bonds. The Morgan fingerprint density at radius 1 is 1.38 bits per heavy atom. The molecule has 0 aliphatic heterocycles. The van der Waals surface area contributed by atoms with Crippen LogP contribution >= 0.6 is 0 Å². The molecule has 16 heavy (non-hydrogen) atoms. The van der Waals surface area contributed by atoms with Gasteiger partial charge in [-0.15, -0.1) is 0 Å². The second kappa shape index (κ2) is 4.45. The van der Waals surface area contributed by atoms with Gasteiger partial charge in [0.25, 0.3) is 0 Å². The topological polar surface area (TPSA) is 50.9 Å². The summed E-state index contributed by atoms with van der Waals surface area (Å²) >= 11 is 0. The van der Waals surface area contributed by atoms with Crippen molar-refractivity contribution in [2.45, 2.75) is 6.92 Å². The first kappa shape index (κ1) is 10.8. The highest BCUT2D eigenvalue weighted by Crippen LogP contribution is 2.20. The molecule has 0 spiro atoms. The fourth-order valence-electron chi connectivity index (χ4n) is 1.66. The quantitative estimate of drug-likeness (QED) is 0.830. The molecule has 0 saturated carbocycles. The van der Waals surface area contributed by atoms with E-state index in [9.17, 15) is 4.39 Å². The summed E-state index contributed by atoms with van der Waals surface area (Å²) in [6.07, 6.45) is 0. The SMILES string of the molecule is Cc1cc(NCCN)nc2ccc(F)cc12. The number of hydrogen-bond donors (Lipinski definition) is 2. The van der Waals surface area contributed by atoms with E-state index in [4.69, 9.17) is 5.73 Å². The number of rotatable bonds is 3. The molecule has 0 radical (unpaired) electrons. The van der Waals surface area contributed by atoms with Gasteiger partial charge in [0, 0.05) is 18.5 Å². The van der Waals surface area contributed by atoms with Gasteiger partial charge < -0.3 is 11.1 Å².